The number of carboxylic acid groups (broad SMARTS) is 1. The largest absolute Gasteiger partial charge is 0.478 e. The molecular weight excluding hydrogens is 414 g/mol. The predicted octanol–water partition coefficient (Wildman–Crippen LogP) is 4.87. The number of para-hydroxylation sites is 1. The number of nitrogens with zero attached hydrogens (tertiary/aromatic N) is 2. The topological polar surface area (TPSA) is 76.6 Å². The summed E-state index contributed by atoms with van der Waals surface area (Å²) < 4.78 is 0. The van der Waals surface area contributed by atoms with E-state index in [9.17, 15) is 14.7 Å². The van der Waals surface area contributed by atoms with Gasteiger partial charge in [0, 0.05) is 41.2 Å². The SMILES string of the molecule is CCN(CC)Cc1cccc(C(=O)N2C=C(C(=O)O)c3[nH]c4ccccc4c3C(C)(C)C2)c1. The van der Waals surface area contributed by atoms with Crippen molar-refractivity contribution in [2.24, 2.45) is 0 Å². The molecule has 2 heterocycles. The van der Waals surface area contributed by atoms with Crippen molar-refractivity contribution in [3.63, 3.8) is 0 Å². The maximum atomic E-state index is 13.6. The highest BCUT2D eigenvalue weighted by atomic mass is 16.4. The molecule has 172 valence electrons. The van der Waals surface area contributed by atoms with E-state index in [0.717, 1.165) is 41.7 Å². The van der Waals surface area contributed by atoms with Crippen LogP contribution in [-0.2, 0) is 16.8 Å². The molecule has 2 aromatic carbocycles. The van der Waals surface area contributed by atoms with Crippen LogP contribution in [0.5, 0.6) is 0 Å². The van der Waals surface area contributed by atoms with E-state index in [4.69, 9.17) is 0 Å². The fourth-order valence-electron chi connectivity index (χ4n) is 4.78. The van der Waals surface area contributed by atoms with Crippen LogP contribution in [0.3, 0.4) is 0 Å². The second kappa shape index (κ2) is 8.87. The summed E-state index contributed by atoms with van der Waals surface area (Å²) in [6, 6.07) is 15.5. The molecule has 0 saturated carbocycles. The molecule has 0 fully saturated rings. The summed E-state index contributed by atoms with van der Waals surface area (Å²) in [4.78, 5) is 33.0. The summed E-state index contributed by atoms with van der Waals surface area (Å²) in [7, 11) is 0. The van der Waals surface area contributed by atoms with E-state index in [1.165, 1.54) is 6.20 Å². The lowest BCUT2D eigenvalue weighted by atomic mass is 9.81. The van der Waals surface area contributed by atoms with Gasteiger partial charge in [-0.25, -0.2) is 4.79 Å². The van der Waals surface area contributed by atoms with Crippen LogP contribution in [0.25, 0.3) is 16.5 Å². The summed E-state index contributed by atoms with van der Waals surface area (Å²) in [5.41, 5.74) is 3.66. The van der Waals surface area contributed by atoms with Crippen molar-refractivity contribution in [2.75, 3.05) is 19.6 Å². The van der Waals surface area contributed by atoms with E-state index in [2.05, 4.69) is 37.6 Å². The number of aliphatic carboxylic acids is 1. The Hall–Kier alpha value is -3.38. The fraction of sp³-hybridized carbons (Fsp3) is 0.333. The molecule has 3 aromatic rings. The third-order valence-corrected chi connectivity index (χ3v) is 6.47. The van der Waals surface area contributed by atoms with Crippen LogP contribution in [0.4, 0.5) is 0 Å². The average molecular weight is 446 g/mol. The molecule has 0 bridgehead atoms. The Kier molecular flexibility index (Phi) is 6.13. The number of aromatic nitrogens is 1. The number of benzene rings is 2. The Morgan fingerprint density at radius 3 is 2.52 bits per heavy atom. The molecule has 0 saturated heterocycles. The van der Waals surface area contributed by atoms with Crippen molar-refractivity contribution in [1.29, 1.82) is 0 Å². The normalized spacial score (nSPS) is 15.3. The van der Waals surface area contributed by atoms with E-state index in [1.54, 1.807) is 11.0 Å². The lowest BCUT2D eigenvalue weighted by Gasteiger charge is -2.30. The molecule has 6 heteroatoms. The van der Waals surface area contributed by atoms with Crippen LogP contribution in [0, 0.1) is 0 Å². The number of carboxylic acids is 1. The maximum absolute atomic E-state index is 13.6. The highest BCUT2D eigenvalue weighted by molar-refractivity contribution is 6.17. The Morgan fingerprint density at radius 1 is 1.09 bits per heavy atom. The molecule has 6 nitrogen and oxygen atoms in total. The number of fused-ring (bicyclic) bond motifs is 3. The third-order valence-electron chi connectivity index (χ3n) is 6.47. The van der Waals surface area contributed by atoms with Gasteiger partial charge >= 0.3 is 5.97 Å². The van der Waals surface area contributed by atoms with Crippen LogP contribution < -0.4 is 0 Å². The molecule has 0 unspecified atom stereocenters. The first-order valence-electron chi connectivity index (χ1n) is 11.4. The zero-order valence-corrected chi connectivity index (χ0v) is 19.7. The smallest absolute Gasteiger partial charge is 0.339 e. The van der Waals surface area contributed by atoms with Gasteiger partial charge in [0.15, 0.2) is 0 Å². The van der Waals surface area contributed by atoms with Gasteiger partial charge < -0.3 is 15.0 Å². The minimum atomic E-state index is -1.06. The predicted molar refractivity (Wildman–Crippen MR) is 131 cm³/mol. The van der Waals surface area contributed by atoms with Crippen molar-refractivity contribution in [3.05, 3.63) is 77.1 Å². The van der Waals surface area contributed by atoms with E-state index < -0.39 is 11.4 Å². The number of hydrogen-bond acceptors (Lipinski definition) is 3. The van der Waals surface area contributed by atoms with Crippen molar-refractivity contribution in [1.82, 2.24) is 14.8 Å². The van der Waals surface area contributed by atoms with Gasteiger partial charge in [-0.15, -0.1) is 0 Å². The standard InChI is InChI=1S/C27H31N3O3/c1-5-29(6-2)15-18-10-9-11-19(14-18)25(31)30-16-21(26(32)33)24-23(27(3,4)17-30)20-12-7-8-13-22(20)28-24/h7-14,16,28H,5-6,15,17H2,1-4H3,(H,32,33). The number of H-pyrrole nitrogens is 1. The Labute approximate surface area is 194 Å². The van der Waals surface area contributed by atoms with Gasteiger partial charge in [-0.2, -0.15) is 0 Å². The van der Waals surface area contributed by atoms with Crippen LogP contribution in [0.1, 0.15) is 54.9 Å². The van der Waals surface area contributed by atoms with Crippen molar-refractivity contribution < 1.29 is 14.7 Å². The highest BCUT2D eigenvalue weighted by Gasteiger charge is 2.37. The van der Waals surface area contributed by atoms with Crippen LogP contribution in [-0.4, -0.2) is 51.4 Å². The molecule has 1 aromatic heterocycles. The van der Waals surface area contributed by atoms with Crippen molar-refractivity contribution in [3.8, 4) is 0 Å². The summed E-state index contributed by atoms with van der Waals surface area (Å²) in [6.45, 7) is 11.4. The van der Waals surface area contributed by atoms with Gasteiger partial charge in [0.05, 0.1) is 11.3 Å². The van der Waals surface area contributed by atoms with Crippen molar-refractivity contribution >= 4 is 28.4 Å². The molecule has 1 aliphatic heterocycles. The Bertz CT molecular complexity index is 1230. The number of carbonyl (C=O) groups excluding carboxylic acids is 1. The Balaban J connectivity index is 1.76. The number of hydrogen-bond donors (Lipinski definition) is 2. The molecule has 0 atom stereocenters. The summed E-state index contributed by atoms with van der Waals surface area (Å²) in [5.74, 6) is -1.26. The van der Waals surface area contributed by atoms with Crippen molar-refractivity contribution in [2.45, 2.75) is 39.7 Å². The van der Waals surface area contributed by atoms with E-state index >= 15 is 0 Å². The molecule has 1 amide bonds. The van der Waals surface area contributed by atoms with Gasteiger partial charge in [-0.1, -0.05) is 58.0 Å². The first kappa shape index (κ1) is 22.8. The van der Waals surface area contributed by atoms with E-state index in [-0.39, 0.29) is 11.5 Å². The third kappa shape index (κ3) is 4.31. The number of rotatable bonds is 6. The van der Waals surface area contributed by atoms with Crippen LogP contribution >= 0.6 is 0 Å². The van der Waals surface area contributed by atoms with Gasteiger partial charge in [-0.05, 0) is 42.4 Å². The van der Waals surface area contributed by atoms with Gasteiger partial charge in [-0.3, -0.25) is 9.69 Å². The molecule has 4 rings (SSSR count). The molecule has 0 radical (unpaired) electrons. The highest BCUT2D eigenvalue weighted by Crippen LogP contribution is 2.40. The lowest BCUT2D eigenvalue weighted by molar-refractivity contribution is -0.130. The quantitative estimate of drug-likeness (QED) is 0.568. The number of carbonyl (C=O) groups is 2. The second-order valence-corrected chi connectivity index (χ2v) is 9.25. The minimum absolute atomic E-state index is 0.0967. The number of aromatic amines is 1. The van der Waals surface area contributed by atoms with E-state index in [1.807, 2.05) is 42.5 Å². The summed E-state index contributed by atoms with van der Waals surface area (Å²) in [5, 5.41) is 11.0. The summed E-state index contributed by atoms with van der Waals surface area (Å²) >= 11 is 0. The average Bonchev–Trinajstić information content (AvgIpc) is 3.14. The van der Waals surface area contributed by atoms with Crippen LogP contribution in [0.2, 0.25) is 0 Å². The maximum Gasteiger partial charge on any atom is 0.339 e. The molecule has 2 N–H and O–H groups in total. The molecular formula is C27H31N3O3. The van der Waals surface area contributed by atoms with Crippen LogP contribution in [0.15, 0.2) is 54.7 Å². The molecule has 1 aliphatic rings. The lowest BCUT2D eigenvalue weighted by Crippen LogP contribution is -2.37. The first-order valence-corrected chi connectivity index (χ1v) is 11.4. The zero-order valence-electron chi connectivity index (χ0n) is 19.7. The molecule has 0 spiro atoms. The Morgan fingerprint density at radius 2 is 1.82 bits per heavy atom. The van der Waals surface area contributed by atoms with E-state index in [0.29, 0.717) is 17.8 Å². The van der Waals surface area contributed by atoms with Gasteiger partial charge in [0.1, 0.15) is 0 Å². The first-order chi connectivity index (χ1) is 15.7. The zero-order chi connectivity index (χ0) is 23.8. The summed E-state index contributed by atoms with van der Waals surface area (Å²) in [6.07, 6.45) is 1.49. The monoisotopic (exact) mass is 445 g/mol. The minimum Gasteiger partial charge on any atom is -0.478 e. The number of nitrogens with one attached hydrogen (secondary N) is 1. The second-order valence-electron chi connectivity index (χ2n) is 9.25. The molecule has 0 aliphatic carbocycles. The fourth-order valence-corrected chi connectivity index (χ4v) is 4.78. The van der Waals surface area contributed by atoms with Gasteiger partial charge in [0.25, 0.3) is 5.91 Å². The number of amides is 1. The van der Waals surface area contributed by atoms with Gasteiger partial charge in [0.2, 0.25) is 0 Å². The molecule has 33 heavy (non-hydrogen) atoms.